The van der Waals surface area contributed by atoms with E-state index in [9.17, 15) is 0 Å². The first-order valence-electron chi connectivity index (χ1n) is 3.67. The summed E-state index contributed by atoms with van der Waals surface area (Å²) in [6.07, 6.45) is 0. The van der Waals surface area contributed by atoms with Gasteiger partial charge in [-0.15, -0.1) is 0 Å². The molecule has 0 radical (unpaired) electrons. The van der Waals surface area contributed by atoms with E-state index < -0.39 is 0 Å². The lowest BCUT2D eigenvalue weighted by Gasteiger charge is -2.43. The Morgan fingerprint density at radius 1 is 1.09 bits per heavy atom. The van der Waals surface area contributed by atoms with E-state index in [-0.39, 0.29) is 0 Å². The first-order valence-corrected chi connectivity index (χ1v) is 5.49. The van der Waals surface area contributed by atoms with E-state index in [1.165, 1.54) is 11.0 Å². The van der Waals surface area contributed by atoms with Crippen LogP contribution in [0.4, 0.5) is 0 Å². The molecule has 0 aromatic rings. The van der Waals surface area contributed by atoms with Crippen molar-refractivity contribution in [1.29, 1.82) is 0 Å². The van der Waals surface area contributed by atoms with E-state index >= 15 is 0 Å². The van der Waals surface area contributed by atoms with Crippen LogP contribution < -0.4 is 0 Å². The average Bonchev–Trinajstić information content (AvgIpc) is 2.03. The quantitative estimate of drug-likeness (QED) is 0.373. The molecule has 2 saturated heterocycles. The van der Waals surface area contributed by atoms with E-state index in [0.717, 1.165) is 26.4 Å². The van der Waals surface area contributed by atoms with E-state index in [2.05, 4.69) is 16.0 Å². The van der Waals surface area contributed by atoms with E-state index in [1.54, 1.807) is 0 Å². The van der Waals surface area contributed by atoms with Crippen LogP contribution in [0.5, 0.6) is 0 Å². The Kier molecular flexibility index (Phi) is 2.63. The maximum absolute atomic E-state index is 5.40. The zero-order valence-electron chi connectivity index (χ0n) is 6.10. The van der Waals surface area contributed by atoms with Crippen LogP contribution >= 0.6 is 22.6 Å². The van der Waals surface area contributed by atoms with Crippen LogP contribution in [0.25, 0.3) is 0 Å². The zero-order valence-corrected chi connectivity index (χ0v) is 7.81. The van der Waals surface area contributed by atoms with Crippen LogP contribution in [0.3, 0.4) is 0 Å². The summed E-state index contributed by atoms with van der Waals surface area (Å²) < 4.78 is 13.1. The van der Waals surface area contributed by atoms with Crippen molar-refractivity contribution in [3.8, 4) is 0 Å². The summed E-state index contributed by atoms with van der Waals surface area (Å²) in [5.74, 6) is 0. The summed E-state index contributed by atoms with van der Waals surface area (Å²) in [5.41, 5.74) is 0. The predicted octanol–water partition coefficient (Wildman–Crippen LogP) is 0.579. The summed E-state index contributed by atoms with van der Waals surface area (Å²) in [5, 5.41) is 0. The van der Waals surface area contributed by atoms with Crippen molar-refractivity contribution >= 4 is 22.6 Å². The molecule has 0 saturated carbocycles. The van der Waals surface area contributed by atoms with Gasteiger partial charge in [-0.2, -0.15) is 0 Å². The number of hydrogen-bond acceptors (Lipinski definition) is 5. The number of rotatable bonds is 1. The third-order valence-corrected chi connectivity index (χ3v) is 3.41. The maximum Gasteiger partial charge on any atom is 0.0683 e. The highest BCUT2D eigenvalue weighted by Crippen LogP contribution is 2.28. The van der Waals surface area contributed by atoms with Gasteiger partial charge in [-0.05, 0) is 11.0 Å². The van der Waals surface area contributed by atoms with Crippen molar-refractivity contribution in [3.63, 3.8) is 0 Å². The van der Waals surface area contributed by atoms with Crippen LogP contribution in [-0.2, 0) is 9.47 Å². The summed E-state index contributed by atoms with van der Waals surface area (Å²) in [7, 11) is 1.51. The normalized spacial score (nSPS) is 39.0. The lowest BCUT2D eigenvalue weighted by Crippen LogP contribution is -2.55. The molecule has 3 nitrogen and oxygen atoms in total. The lowest BCUT2D eigenvalue weighted by molar-refractivity contribution is -0.0974. The van der Waals surface area contributed by atoms with E-state index in [4.69, 9.17) is 9.47 Å². The first-order chi connectivity index (χ1) is 5.42. The summed E-state index contributed by atoms with van der Waals surface area (Å²) in [6.45, 7) is 3.13. The highest BCUT2D eigenvalue weighted by atomic mass is 33.1. The fourth-order valence-corrected chi connectivity index (χ4v) is 2.81. The maximum atomic E-state index is 5.40. The number of morpholine rings is 2. The second-order valence-electron chi connectivity index (χ2n) is 2.82. The van der Waals surface area contributed by atoms with Gasteiger partial charge in [0.2, 0.25) is 0 Å². The lowest BCUT2D eigenvalue weighted by atomic mass is 10.2. The molecule has 0 unspecified atom stereocenters. The number of hydrogen-bond donors (Lipinski definition) is 1. The van der Waals surface area contributed by atoms with Crippen molar-refractivity contribution in [3.05, 3.63) is 0 Å². The van der Waals surface area contributed by atoms with Crippen molar-refractivity contribution in [2.24, 2.45) is 0 Å². The van der Waals surface area contributed by atoms with Crippen LogP contribution in [0.15, 0.2) is 0 Å². The largest absolute Gasteiger partial charge is 0.378 e. The molecule has 2 heterocycles. The van der Waals surface area contributed by atoms with Gasteiger partial charge in [0.15, 0.2) is 0 Å². The number of thiol groups is 1. The molecule has 0 aliphatic carbocycles. The van der Waals surface area contributed by atoms with Crippen molar-refractivity contribution in [2.45, 2.75) is 12.1 Å². The third-order valence-electron chi connectivity index (χ3n) is 2.06. The smallest absolute Gasteiger partial charge is 0.0683 e. The summed E-state index contributed by atoms with van der Waals surface area (Å²) >= 11 is 4.20. The van der Waals surface area contributed by atoms with Crippen molar-refractivity contribution in [2.75, 3.05) is 26.4 Å². The molecule has 0 aromatic heterocycles. The number of ether oxygens (including phenoxy) is 2. The van der Waals surface area contributed by atoms with Gasteiger partial charge in [0.05, 0.1) is 38.5 Å². The Morgan fingerprint density at radius 3 is 1.82 bits per heavy atom. The summed E-state index contributed by atoms with van der Waals surface area (Å²) in [6, 6.07) is 0.815. The molecule has 2 rings (SSSR count). The summed E-state index contributed by atoms with van der Waals surface area (Å²) in [4.78, 5) is 0. The van der Waals surface area contributed by atoms with Crippen molar-refractivity contribution in [1.82, 2.24) is 4.31 Å². The molecule has 2 aliphatic heterocycles. The van der Waals surface area contributed by atoms with Gasteiger partial charge in [-0.1, -0.05) is 11.7 Å². The van der Waals surface area contributed by atoms with Gasteiger partial charge in [0, 0.05) is 0 Å². The Labute approximate surface area is 75.4 Å². The first kappa shape index (κ1) is 8.19. The third kappa shape index (κ3) is 1.53. The molecule has 64 valence electrons. The van der Waals surface area contributed by atoms with Gasteiger partial charge in [-0.3, -0.25) is 0 Å². The van der Waals surface area contributed by atoms with E-state index in [0.29, 0.717) is 12.1 Å². The minimum Gasteiger partial charge on any atom is -0.378 e. The molecule has 11 heavy (non-hydrogen) atoms. The molecule has 2 bridgehead atoms. The molecule has 0 spiro atoms. The Balaban J connectivity index is 2.04. The van der Waals surface area contributed by atoms with Crippen LogP contribution in [0.1, 0.15) is 0 Å². The minimum atomic E-state index is 0.407. The van der Waals surface area contributed by atoms with Crippen LogP contribution in [0.2, 0.25) is 0 Å². The standard InChI is InChI=1S/C6H11NO2S2/c10-11-7-5-1-8-3-6(7)4-9-2-5/h5-6,10H,1-4H2. The van der Waals surface area contributed by atoms with Crippen LogP contribution in [0, 0.1) is 0 Å². The molecule has 2 aliphatic rings. The van der Waals surface area contributed by atoms with Gasteiger partial charge in [-0.25, -0.2) is 4.31 Å². The van der Waals surface area contributed by atoms with Crippen molar-refractivity contribution < 1.29 is 9.47 Å². The Morgan fingerprint density at radius 2 is 1.55 bits per heavy atom. The monoisotopic (exact) mass is 193 g/mol. The molecule has 0 N–H and O–H groups in total. The highest BCUT2D eigenvalue weighted by Gasteiger charge is 2.35. The van der Waals surface area contributed by atoms with E-state index in [1.807, 2.05) is 0 Å². The molecule has 0 atom stereocenters. The van der Waals surface area contributed by atoms with Gasteiger partial charge < -0.3 is 9.47 Å². The number of nitrogens with zero attached hydrogens (tertiary/aromatic N) is 1. The molecule has 0 aromatic carbocycles. The topological polar surface area (TPSA) is 21.7 Å². The predicted molar refractivity (Wildman–Crippen MR) is 47.6 cm³/mol. The Bertz CT molecular complexity index is 125. The average molecular weight is 193 g/mol. The zero-order chi connectivity index (χ0) is 7.68. The molecular formula is C6H11NO2S2. The highest BCUT2D eigenvalue weighted by molar-refractivity contribution is 8.67. The van der Waals surface area contributed by atoms with Crippen LogP contribution in [-0.4, -0.2) is 42.8 Å². The number of fused-ring (bicyclic) bond motifs is 2. The second kappa shape index (κ2) is 3.53. The van der Waals surface area contributed by atoms with Gasteiger partial charge in [0.25, 0.3) is 0 Å². The van der Waals surface area contributed by atoms with Gasteiger partial charge in [0.1, 0.15) is 0 Å². The molecule has 2 fully saturated rings. The minimum absolute atomic E-state index is 0.407. The SMILES string of the molecule is SSN1C2COCC1COC2. The molecular weight excluding hydrogens is 182 g/mol. The molecule has 0 amide bonds. The molecule has 5 heteroatoms. The second-order valence-corrected chi connectivity index (χ2v) is 3.90. The van der Waals surface area contributed by atoms with Gasteiger partial charge >= 0.3 is 0 Å². The fourth-order valence-electron chi connectivity index (χ4n) is 1.50. The fraction of sp³-hybridized carbons (Fsp3) is 1.00. The Hall–Kier alpha value is 0.580.